The van der Waals surface area contributed by atoms with E-state index in [1.54, 1.807) is 0 Å². The lowest BCUT2D eigenvalue weighted by molar-refractivity contribution is -0.140. The van der Waals surface area contributed by atoms with Gasteiger partial charge in [0.1, 0.15) is 6.04 Å². The predicted molar refractivity (Wildman–Crippen MR) is 54.8 cm³/mol. The van der Waals surface area contributed by atoms with E-state index in [0.29, 0.717) is 6.04 Å². The first-order valence-electron chi connectivity index (χ1n) is 5.55. The second-order valence-corrected chi connectivity index (χ2v) is 4.17. The monoisotopic (exact) mass is 214 g/mol. The first-order valence-corrected chi connectivity index (χ1v) is 5.55. The van der Waals surface area contributed by atoms with Crippen LogP contribution in [-0.4, -0.2) is 60.9 Å². The molecule has 0 bridgehead atoms. The first-order chi connectivity index (χ1) is 7.27. The number of rotatable bonds is 2. The van der Waals surface area contributed by atoms with Crippen molar-refractivity contribution in [2.24, 2.45) is 0 Å². The fraction of sp³-hybridized carbons (Fsp3) is 0.900. The highest BCUT2D eigenvalue weighted by molar-refractivity contribution is 5.73. The number of nitrogens with one attached hydrogen (secondary N) is 1. The molecular weight excluding hydrogens is 196 g/mol. The number of ether oxygens (including phenoxy) is 1. The average Bonchev–Trinajstić information content (AvgIpc) is 2.30. The topological polar surface area (TPSA) is 61.8 Å². The minimum Gasteiger partial charge on any atom is -0.480 e. The van der Waals surface area contributed by atoms with Crippen LogP contribution in [0.15, 0.2) is 0 Å². The molecule has 2 saturated heterocycles. The second-order valence-electron chi connectivity index (χ2n) is 4.17. The summed E-state index contributed by atoms with van der Waals surface area (Å²) in [6.45, 7) is 4.25. The SMILES string of the molecule is O=C(O)C1CC(N2CCOCC2)CCN1. The lowest BCUT2D eigenvalue weighted by Gasteiger charge is -2.38. The number of piperidine rings is 1. The van der Waals surface area contributed by atoms with Gasteiger partial charge < -0.3 is 15.2 Å². The van der Waals surface area contributed by atoms with Crippen molar-refractivity contribution >= 4 is 5.97 Å². The number of nitrogens with zero attached hydrogens (tertiary/aromatic N) is 1. The smallest absolute Gasteiger partial charge is 0.320 e. The van der Waals surface area contributed by atoms with Gasteiger partial charge in [0.05, 0.1) is 13.2 Å². The number of carbonyl (C=O) groups is 1. The third-order valence-corrected chi connectivity index (χ3v) is 3.24. The Morgan fingerprint density at radius 1 is 1.40 bits per heavy atom. The number of morpholine rings is 1. The van der Waals surface area contributed by atoms with Crippen LogP contribution in [0.25, 0.3) is 0 Å². The van der Waals surface area contributed by atoms with Crippen LogP contribution in [0.1, 0.15) is 12.8 Å². The Morgan fingerprint density at radius 3 is 2.80 bits per heavy atom. The van der Waals surface area contributed by atoms with Gasteiger partial charge in [-0.15, -0.1) is 0 Å². The Morgan fingerprint density at radius 2 is 2.13 bits per heavy atom. The summed E-state index contributed by atoms with van der Waals surface area (Å²) >= 11 is 0. The van der Waals surface area contributed by atoms with Crippen LogP contribution in [0, 0.1) is 0 Å². The lowest BCUT2D eigenvalue weighted by Crippen LogP contribution is -2.53. The number of aliphatic carboxylic acids is 1. The van der Waals surface area contributed by atoms with Crippen molar-refractivity contribution in [3.8, 4) is 0 Å². The minimum atomic E-state index is -0.729. The molecule has 2 heterocycles. The van der Waals surface area contributed by atoms with Crippen molar-refractivity contribution in [1.82, 2.24) is 10.2 Å². The molecule has 2 atom stereocenters. The molecule has 0 radical (unpaired) electrons. The molecule has 2 aliphatic heterocycles. The van der Waals surface area contributed by atoms with Gasteiger partial charge >= 0.3 is 5.97 Å². The van der Waals surface area contributed by atoms with E-state index in [4.69, 9.17) is 9.84 Å². The molecule has 0 aromatic rings. The summed E-state index contributed by atoms with van der Waals surface area (Å²) in [5.74, 6) is -0.729. The molecule has 0 spiro atoms. The molecule has 2 aliphatic rings. The fourth-order valence-corrected chi connectivity index (χ4v) is 2.36. The van der Waals surface area contributed by atoms with Gasteiger partial charge in [-0.25, -0.2) is 0 Å². The van der Waals surface area contributed by atoms with Crippen molar-refractivity contribution in [3.05, 3.63) is 0 Å². The summed E-state index contributed by atoms with van der Waals surface area (Å²) in [6, 6.07) is 0.0443. The standard InChI is InChI=1S/C10H18N2O3/c13-10(14)9-7-8(1-2-11-9)12-3-5-15-6-4-12/h8-9,11H,1-7H2,(H,13,14). The van der Waals surface area contributed by atoms with Gasteiger partial charge in [0.2, 0.25) is 0 Å². The van der Waals surface area contributed by atoms with Crippen LogP contribution < -0.4 is 5.32 Å². The van der Waals surface area contributed by atoms with E-state index in [1.807, 2.05) is 0 Å². The third-order valence-electron chi connectivity index (χ3n) is 3.24. The number of carboxylic acid groups (broad SMARTS) is 1. The molecule has 2 rings (SSSR count). The van der Waals surface area contributed by atoms with Crippen molar-refractivity contribution < 1.29 is 14.6 Å². The maximum atomic E-state index is 10.9. The Hall–Kier alpha value is -0.650. The van der Waals surface area contributed by atoms with Crippen LogP contribution in [0.5, 0.6) is 0 Å². The molecule has 2 unspecified atom stereocenters. The molecule has 5 nitrogen and oxygen atoms in total. The van der Waals surface area contributed by atoms with Gasteiger partial charge in [0.25, 0.3) is 0 Å². The summed E-state index contributed by atoms with van der Waals surface area (Å²) in [7, 11) is 0. The highest BCUT2D eigenvalue weighted by Crippen LogP contribution is 2.17. The molecule has 2 fully saturated rings. The molecule has 2 N–H and O–H groups in total. The zero-order valence-corrected chi connectivity index (χ0v) is 8.82. The Kier molecular flexibility index (Phi) is 3.56. The number of hydrogen-bond donors (Lipinski definition) is 2. The molecule has 0 saturated carbocycles. The molecular formula is C10H18N2O3. The van der Waals surface area contributed by atoms with Gasteiger partial charge in [-0.3, -0.25) is 9.69 Å². The number of carboxylic acids is 1. The largest absolute Gasteiger partial charge is 0.480 e. The fourth-order valence-electron chi connectivity index (χ4n) is 2.36. The molecule has 15 heavy (non-hydrogen) atoms. The van der Waals surface area contributed by atoms with Crippen LogP contribution in [0.3, 0.4) is 0 Å². The van der Waals surface area contributed by atoms with E-state index >= 15 is 0 Å². The van der Waals surface area contributed by atoms with E-state index in [2.05, 4.69) is 10.2 Å². The minimum absolute atomic E-state index is 0.369. The second kappa shape index (κ2) is 4.92. The normalized spacial score (nSPS) is 33.9. The van der Waals surface area contributed by atoms with Gasteiger partial charge in [-0.2, -0.15) is 0 Å². The average molecular weight is 214 g/mol. The van der Waals surface area contributed by atoms with E-state index in [0.717, 1.165) is 45.7 Å². The predicted octanol–water partition coefficient (Wildman–Crippen LogP) is -0.476. The maximum absolute atomic E-state index is 10.9. The molecule has 0 aliphatic carbocycles. The zero-order chi connectivity index (χ0) is 10.7. The van der Waals surface area contributed by atoms with E-state index in [1.165, 1.54) is 0 Å². The van der Waals surface area contributed by atoms with E-state index < -0.39 is 5.97 Å². The Labute approximate surface area is 89.4 Å². The summed E-state index contributed by atoms with van der Waals surface area (Å²) < 4.78 is 5.29. The molecule has 0 amide bonds. The summed E-state index contributed by atoms with van der Waals surface area (Å²) in [5.41, 5.74) is 0. The lowest BCUT2D eigenvalue weighted by atomic mass is 9.97. The Bertz CT molecular complexity index is 229. The van der Waals surface area contributed by atoms with Gasteiger partial charge in [-0.05, 0) is 19.4 Å². The molecule has 5 heteroatoms. The first kappa shape index (κ1) is 10.9. The quantitative estimate of drug-likeness (QED) is 0.650. The van der Waals surface area contributed by atoms with E-state index in [9.17, 15) is 4.79 Å². The summed E-state index contributed by atoms with van der Waals surface area (Å²) in [6.07, 6.45) is 1.76. The van der Waals surface area contributed by atoms with Crippen molar-refractivity contribution in [2.45, 2.75) is 24.9 Å². The van der Waals surface area contributed by atoms with E-state index in [-0.39, 0.29) is 6.04 Å². The van der Waals surface area contributed by atoms with Crippen molar-refractivity contribution in [3.63, 3.8) is 0 Å². The zero-order valence-electron chi connectivity index (χ0n) is 8.82. The van der Waals surface area contributed by atoms with Crippen LogP contribution in [-0.2, 0) is 9.53 Å². The highest BCUT2D eigenvalue weighted by atomic mass is 16.5. The van der Waals surface area contributed by atoms with Crippen molar-refractivity contribution in [1.29, 1.82) is 0 Å². The third kappa shape index (κ3) is 2.68. The van der Waals surface area contributed by atoms with Gasteiger partial charge in [-0.1, -0.05) is 0 Å². The van der Waals surface area contributed by atoms with Crippen LogP contribution in [0.4, 0.5) is 0 Å². The van der Waals surface area contributed by atoms with Crippen LogP contribution >= 0.6 is 0 Å². The number of hydrogen-bond acceptors (Lipinski definition) is 4. The Balaban J connectivity index is 1.88. The molecule has 0 aromatic heterocycles. The van der Waals surface area contributed by atoms with Crippen molar-refractivity contribution in [2.75, 3.05) is 32.8 Å². The maximum Gasteiger partial charge on any atom is 0.320 e. The van der Waals surface area contributed by atoms with Gasteiger partial charge in [0, 0.05) is 19.1 Å². The summed E-state index contributed by atoms with van der Waals surface area (Å²) in [4.78, 5) is 13.2. The molecule has 0 aromatic carbocycles. The van der Waals surface area contributed by atoms with Gasteiger partial charge in [0.15, 0.2) is 0 Å². The summed E-state index contributed by atoms with van der Waals surface area (Å²) in [5, 5.41) is 12.0. The molecule has 86 valence electrons. The van der Waals surface area contributed by atoms with Crippen LogP contribution in [0.2, 0.25) is 0 Å². The highest BCUT2D eigenvalue weighted by Gasteiger charge is 2.30.